The van der Waals surface area contributed by atoms with Crippen LogP contribution in [-0.2, 0) is 11.2 Å². The van der Waals surface area contributed by atoms with Crippen LogP contribution in [0.3, 0.4) is 0 Å². The highest BCUT2D eigenvalue weighted by Crippen LogP contribution is 2.19. The first-order chi connectivity index (χ1) is 10.3. The van der Waals surface area contributed by atoms with Crippen LogP contribution in [-0.4, -0.2) is 25.3 Å². The average molecular weight is 293 g/mol. The molecule has 2 atom stereocenters. The lowest BCUT2D eigenvalue weighted by molar-refractivity contribution is 0.00857. The Balaban J connectivity index is 1.86. The summed E-state index contributed by atoms with van der Waals surface area (Å²) in [7, 11) is 0. The van der Waals surface area contributed by atoms with E-state index in [1.165, 1.54) is 19.3 Å². The van der Waals surface area contributed by atoms with Gasteiger partial charge in [0.15, 0.2) is 0 Å². The van der Waals surface area contributed by atoms with Crippen LogP contribution in [0.1, 0.15) is 51.0 Å². The van der Waals surface area contributed by atoms with E-state index in [0.29, 0.717) is 12.1 Å². The van der Waals surface area contributed by atoms with Gasteiger partial charge in [0.2, 0.25) is 0 Å². The van der Waals surface area contributed by atoms with Gasteiger partial charge in [-0.2, -0.15) is 0 Å². The van der Waals surface area contributed by atoms with E-state index in [-0.39, 0.29) is 5.82 Å². The van der Waals surface area contributed by atoms with Gasteiger partial charge in [0.1, 0.15) is 5.82 Å². The molecule has 1 heterocycles. The van der Waals surface area contributed by atoms with E-state index < -0.39 is 0 Å². The summed E-state index contributed by atoms with van der Waals surface area (Å²) in [4.78, 5) is 0. The summed E-state index contributed by atoms with van der Waals surface area (Å²) in [6.45, 7) is 4.06. The fourth-order valence-electron chi connectivity index (χ4n) is 2.98. The molecule has 3 heteroatoms. The van der Waals surface area contributed by atoms with Crippen LogP contribution in [0.2, 0.25) is 0 Å². The first kappa shape index (κ1) is 16.4. The number of rotatable bonds is 8. The molecule has 0 radical (unpaired) electrons. The first-order valence-corrected chi connectivity index (χ1v) is 8.38. The summed E-state index contributed by atoms with van der Waals surface area (Å²) < 4.78 is 19.6. The molecule has 1 aromatic carbocycles. The summed E-state index contributed by atoms with van der Waals surface area (Å²) in [5.74, 6) is -0.0882. The predicted molar refractivity (Wildman–Crippen MR) is 85.0 cm³/mol. The van der Waals surface area contributed by atoms with E-state index in [4.69, 9.17) is 4.74 Å². The Bertz CT molecular complexity index is 404. The maximum atomic E-state index is 13.8. The maximum Gasteiger partial charge on any atom is 0.126 e. The van der Waals surface area contributed by atoms with Crippen LogP contribution < -0.4 is 5.32 Å². The number of ether oxygens (including phenoxy) is 1. The minimum Gasteiger partial charge on any atom is -0.378 e. The highest BCUT2D eigenvalue weighted by atomic mass is 19.1. The van der Waals surface area contributed by atoms with Crippen molar-refractivity contribution in [2.75, 3.05) is 13.2 Å². The number of hydrogen-bond acceptors (Lipinski definition) is 2. The molecule has 1 saturated heterocycles. The van der Waals surface area contributed by atoms with Crippen LogP contribution in [0.5, 0.6) is 0 Å². The Morgan fingerprint density at radius 1 is 1.33 bits per heavy atom. The predicted octanol–water partition coefficient (Wildman–Crippen LogP) is 4.09. The van der Waals surface area contributed by atoms with Crippen molar-refractivity contribution in [1.82, 2.24) is 5.32 Å². The standard InChI is InChI=1S/C18H28FNO/c1-2-12-20-16(10-11-17-8-5-6-13-21-17)14-15-7-3-4-9-18(15)19/h3-4,7,9,16-17,20H,2,5-6,8,10-14H2,1H3. The second-order valence-electron chi connectivity index (χ2n) is 6.01. The third-order valence-corrected chi connectivity index (χ3v) is 4.22. The smallest absolute Gasteiger partial charge is 0.126 e. The second kappa shape index (κ2) is 9.16. The van der Waals surface area contributed by atoms with Crippen molar-refractivity contribution >= 4 is 0 Å². The number of hydrogen-bond donors (Lipinski definition) is 1. The van der Waals surface area contributed by atoms with Gasteiger partial charge in [0.25, 0.3) is 0 Å². The van der Waals surface area contributed by atoms with Crippen molar-refractivity contribution in [2.24, 2.45) is 0 Å². The van der Waals surface area contributed by atoms with E-state index >= 15 is 0 Å². The van der Waals surface area contributed by atoms with Crippen LogP contribution in [0.25, 0.3) is 0 Å². The van der Waals surface area contributed by atoms with Gasteiger partial charge in [-0.3, -0.25) is 0 Å². The highest BCUT2D eigenvalue weighted by molar-refractivity contribution is 5.18. The Morgan fingerprint density at radius 3 is 2.90 bits per heavy atom. The molecule has 21 heavy (non-hydrogen) atoms. The number of nitrogens with one attached hydrogen (secondary N) is 1. The summed E-state index contributed by atoms with van der Waals surface area (Å²) in [5.41, 5.74) is 0.815. The van der Waals surface area contributed by atoms with Gasteiger partial charge in [0, 0.05) is 12.6 Å². The maximum absolute atomic E-state index is 13.8. The SMILES string of the molecule is CCCNC(CCC1CCCCO1)Cc1ccccc1F. The Labute approximate surface area is 128 Å². The quantitative estimate of drug-likeness (QED) is 0.779. The minimum absolute atomic E-state index is 0.0882. The average Bonchev–Trinajstić information content (AvgIpc) is 2.53. The largest absolute Gasteiger partial charge is 0.378 e. The van der Waals surface area contributed by atoms with E-state index in [1.807, 2.05) is 12.1 Å². The Hall–Kier alpha value is -0.930. The Morgan fingerprint density at radius 2 is 2.19 bits per heavy atom. The van der Waals surface area contributed by atoms with Gasteiger partial charge >= 0.3 is 0 Å². The molecule has 0 spiro atoms. The summed E-state index contributed by atoms with van der Waals surface area (Å²) in [5, 5.41) is 3.56. The van der Waals surface area contributed by atoms with E-state index in [9.17, 15) is 4.39 Å². The van der Waals surface area contributed by atoms with Crippen LogP contribution in [0, 0.1) is 5.82 Å². The fourth-order valence-corrected chi connectivity index (χ4v) is 2.98. The van der Waals surface area contributed by atoms with Crippen LogP contribution in [0.15, 0.2) is 24.3 Å². The topological polar surface area (TPSA) is 21.3 Å². The van der Waals surface area contributed by atoms with Gasteiger partial charge in [-0.15, -0.1) is 0 Å². The summed E-state index contributed by atoms with van der Waals surface area (Å²) in [6, 6.07) is 7.46. The zero-order valence-electron chi connectivity index (χ0n) is 13.1. The van der Waals surface area contributed by atoms with Crippen molar-refractivity contribution in [3.8, 4) is 0 Å². The molecule has 118 valence electrons. The third kappa shape index (κ3) is 5.76. The minimum atomic E-state index is -0.0882. The molecular formula is C18H28FNO. The van der Waals surface area contributed by atoms with Gasteiger partial charge in [-0.25, -0.2) is 4.39 Å². The molecule has 2 nitrogen and oxygen atoms in total. The monoisotopic (exact) mass is 293 g/mol. The number of benzene rings is 1. The molecule has 0 amide bonds. The zero-order valence-corrected chi connectivity index (χ0v) is 13.1. The lowest BCUT2D eigenvalue weighted by Crippen LogP contribution is -2.33. The molecule has 0 saturated carbocycles. The van der Waals surface area contributed by atoms with E-state index in [1.54, 1.807) is 12.1 Å². The third-order valence-electron chi connectivity index (χ3n) is 4.22. The fraction of sp³-hybridized carbons (Fsp3) is 0.667. The lowest BCUT2D eigenvalue weighted by Gasteiger charge is -2.25. The molecule has 1 aliphatic heterocycles. The van der Waals surface area contributed by atoms with Crippen LogP contribution >= 0.6 is 0 Å². The summed E-state index contributed by atoms with van der Waals surface area (Å²) >= 11 is 0. The Kier molecular flexibility index (Phi) is 7.17. The molecule has 0 bridgehead atoms. The summed E-state index contributed by atoms with van der Waals surface area (Å²) in [6.07, 6.45) is 8.07. The molecule has 2 rings (SSSR count). The van der Waals surface area contributed by atoms with E-state index in [0.717, 1.165) is 44.4 Å². The molecule has 2 unspecified atom stereocenters. The molecule has 1 aliphatic rings. The molecule has 1 N–H and O–H groups in total. The molecule has 0 aliphatic carbocycles. The first-order valence-electron chi connectivity index (χ1n) is 8.38. The van der Waals surface area contributed by atoms with Crippen LogP contribution in [0.4, 0.5) is 4.39 Å². The van der Waals surface area contributed by atoms with E-state index in [2.05, 4.69) is 12.2 Å². The van der Waals surface area contributed by atoms with Crippen molar-refractivity contribution in [3.63, 3.8) is 0 Å². The van der Waals surface area contributed by atoms with Gasteiger partial charge in [-0.05, 0) is 63.1 Å². The van der Waals surface area contributed by atoms with Gasteiger partial charge in [0.05, 0.1) is 6.10 Å². The zero-order chi connectivity index (χ0) is 14.9. The molecule has 1 aromatic rings. The van der Waals surface area contributed by atoms with Crippen molar-refractivity contribution < 1.29 is 9.13 Å². The second-order valence-corrected chi connectivity index (χ2v) is 6.01. The molecule has 0 aromatic heterocycles. The van der Waals surface area contributed by atoms with Gasteiger partial charge < -0.3 is 10.1 Å². The lowest BCUT2D eigenvalue weighted by atomic mass is 9.97. The number of halogens is 1. The van der Waals surface area contributed by atoms with Crippen molar-refractivity contribution in [2.45, 2.75) is 64.0 Å². The van der Waals surface area contributed by atoms with Crippen molar-refractivity contribution in [1.29, 1.82) is 0 Å². The normalized spacial score (nSPS) is 20.4. The highest BCUT2D eigenvalue weighted by Gasteiger charge is 2.17. The molecular weight excluding hydrogens is 265 g/mol. The van der Waals surface area contributed by atoms with Gasteiger partial charge in [-0.1, -0.05) is 25.1 Å². The molecule has 1 fully saturated rings. The van der Waals surface area contributed by atoms with Crippen molar-refractivity contribution in [3.05, 3.63) is 35.6 Å².